The van der Waals surface area contributed by atoms with Crippen LogP contribution < -0.4 is 15.6 Å². The molecule has 0 fully saturated rings. The number of methoxy groups -OCH3 is 1. The average Bonchev–Trinajstić information content (AvgIpc) is 3.25. The number of hydrogen-bond acceptors (Lipinski definition) is 4. The van der Waals surface area contributed by atoms with Crippen molar-refractivity contribution >= 4 is 11.4 Å². The second kappa shape index (κ2) is 9.28. The Morgan fingerprint density at radius 2 is 1.77 bits per heavy atom. The molecular weight excluding hydrogens is 464 g/mol. The van der Waals surface area contributed by atoms with E-state index in [0.29, 0.717) is 22.7 Å². The maximum absolute atomic E-state index is 13.7. The highest BCUT2D eigenvalue weighted by Gasteiger charge is 2.33. The van der Waals surface area contributed by atoms with E-state index in [-0.39, 0.29) is 5.69 Å². The number of aryl methyl sites for hydroxylation is 1. The van der Waals surface area contributed by atoms with Crippen molar-refractivity contribution in [2.45, 2.75) is 26.1 Å². The van der Waals surface area contributed by atoms with Gasteiger partial charge >= 0.3 is 6.18 Å². The van der Waals surface area contributed by atoms with E-state index in [2.05, 4.69) is 10.3 Å². The molecule has 6 nitrogen and oxygen atoms in total. The van der Waals surface area contributed by atoms with Crippen molar-refractivity contribution < 1.29 is 22.3 Å². The molecule has 2 heterocycles. The largest absolute Gasteiger partial charge is 0.494 e. The van der Waals surface area contributed by atoms with Gasteiger partial charge in [0, 0.05) is 24.1 Å². The molecule has 182 valence electrons. The Balaban J connectivity index is 1.76. The molecule has 1 N–H and O–H groups in total. The zero-order valence-electron chi connectivity index (χ0n) is 19.1. The topological polar surface area (TPSA) is 61.1 Å². The van der Waals surface area contributed by atoms with E-state index in [1.807, 2.05) is 6.92 Å². The molecule has 35 heavy (non-hydrogen) atoms. The Morgan fingerprint density at radius 1 is 1.06 bits per heavy atom. The molecule has 0 spiro atoms. The van der Waals surface area contributed by atoms with Crippen molar-refractivity contribution in [1.29, 1.82) is 0 Å². The van der Waals surface area contributed by atoms with Crippen molar-refractivity contribution in [2.75, 3.05) is 12.4 Å². The van der Waals surface area contributed by atoms with E-state index in [9.17, 15) is 22.4 Å². The Kier molecular flexibility index (Phi) is 6.38. The van der Waals surface area contributed by atoms with Gasteiger partial charge in [-0.2, -0.15) is 13.2 Å². The maximum Gasteiger partial charge on any atom is 0.417 e. The standard InChI is InChI=1S/C25H22F4N4O2/c1-15-12-32(14-30-15)22-9-8-20(11-23(22)35-3)31-21-10-18(25(27,28)29)13-33(24(21)34)16(2)17-4-6-19(26)7-5-17/h4-14,16,31H,1-3H3/t16-/m0/s1. The third-order valence-corrected chi connectivity index (χ3v) is 5.59. The van der Waals surface area contributed by atoms with Crippen molar-refractivity contribution in [3.05, 3.63) is 100 Å². The number of aromatic nitrogens is 3. The number of benzene rings is 2. The van der Waals surface area contributed by atoms with Gasteiger partial charge in [-0.1, -0.05) is 12.1 Å². The number of rotatable bonds is 6. The van der Waals surface area contributed by atoms with Crippen LogP contribution in [0.5, 0.6) is 5.75 Å². The molecule has 2 aromatic carbocycles. The van der Waals surface area contributed by atoms with Gasteiger partial charge in [0.15, 0.2) is 0 Å². The molecule has 2 aromatic heterocycles. The van der Waals surface area contributed by atoms with Gasteiger partial charge in [0.1, 0.15) is 17.3 Å². The minimum Gasteiger partial charge on any atom is -0.494 e. The second-order valence-electron chi connectivity index (χ2n) is 8.01. The van der Waals surface area contributed by atoms with Crippen molar-refractivity contribution in [2.24, 2.45) is 0 Å². The van der Waals surface area contributed by atoms with Crippen LogP contribution >= 0.6 is 0 Å². The van der Waals surface area contributed by atoms with Crippen LogP contribution in [0.2, 0.25) is 0 Å². The molecule has 0 bridgehead atoms. The van der Waals surface area contributed by atoms with Gasteiger partial charge in [0.25, 0.3) is 5.56 Å². The molecule has 0 amide bonds. The van der Waals surface area contributed by atoms with Crippen LogP contribution in [0.4, 0.5) is 28.9 Å². The molecule has 0 aliphatic carbocycles. The van der Waals surface area contributed by atoms with Crippen molar-refractivity contribution in [1.82, 2.24) is 14.1 Å². The monoisotopic (exact) mass is 486 g/mol. The predicted octanol–water partition coefficient (Wildman–Crippen LogP) is 5.86. The zero-order valence-corrected chi connectivity index (χ0v) is 19.1. The lowest BCUT2D eigenvalue weighted by Crippen LogP contribution is -2.27. The number of pyridine rings is 1. The summed E-state index contributed by atoms with van der Waals surface area (Å²) in [5.74, 6) is -0.0534. The molecule has 0 aliphatic heterocycles. The molecule has 4 rings (SSSR count). The lowest BCUT2D eigenvalue weighted by molar-refractivity contribution is -0.138. The van der Waals surface area contributed by atoms with Gasteiger partial charge in [0.2, 0.25) is 0 Å². The minimum absolute atomic E-state index is 0.262. The van der Waals surface area contributed by atoms with Crippen molar-refractivity contribution in [3.63, 3.8) is 0 Å². The number of alkyl halides is 3. The SMILES string of the molecule is COc1cc(Nc2cc(C(F)(F)F)cn([C@@H](C)c3ccc(F)cc3)c2=O)ccc1-n1cnc(C)c1. The average molecular weight is 486 g/mol. The van der Waals surface area contributed by atoms with Crippen LogP contribution in [0.15, 0.2) is 72.0 Å². The second-order valence-corrected chi connectivity index (χ2v) is 8.01. The Labute approximate surface area is 198 Å². The summed E-state index contributed by atoms with van der Waals surface area (Å²) in [5, 5.41) is 2.80. The summed E-state index contributed by atoms with van der Waals surface area (Å²) in [7, 11) is 1.47. The van der Waals surface area contributed by atoms with Gasteiger partial charge in [-0.15, -0.1) is 0 Å². The molecule has 0 radical (unpaired) electrons. The number of imidazole rings is 1. The van der Waals surface area contributed by atoms with Gasteiger partial charge in [-0.25, -0.2) is 9.37 Å². The summed E-state index contributed by atoms with van der Waals surface area (Å²) in [6.45, 7) is 3.41. The van der Waals surface area contributed by atoms with E-state index in [1.165, 1.54) is 31.4 Å². The summed E-state index contributed by atoms with van der Waals surface area (Å²) in [5.41, 5.74) is 0.399. The first kappa shape index (κ1) is 24.1. The normalized spacial score (nSPS) is 12.4. The van der Waals surface area contributed by atoms with E-state index < -0.39 is 29.2 Å². The van der Waals surface area contributed by atoms with Crippen LogP contribution in [-0.2, 0) is 6.18 Å². The first-order valence-corrected chi connectivity index (χ1v) is 10.6. The lowest BCUT2D eigenvalue weighted by atomic mass is 10.1. The zero-order chi connectivity index (χ0) is 25.3. The van der Waals surface area contributed by atoms with Gasteiger partial charge in [0.05, 0.1) is 36.4 Å². The highest BCUT2D eigenvalue weighted by atomic mass is 19.4. The highest BCUT2D eigenvalue weighted by molar-refractivity contribution is 5.65. The Morgan fingerprint density at radius 3 is 2.37 bits per heavy atom. The fourth-order valence-corrected chi connectivity index (χ4v) is 3.71. The first-order chi connectivity index (χ1) is 16.6. The summed E-state index contributed by atoms with van der Waals surface area (Å²) in [4.78, 5) is 17.4. The predicted molar refractivity (Wildman–Crippen MR) is 124 cm³/mol. The minimum atomic E-state index is -4.69. The van der Waals surface area contributed by atoms with Crippen LogP contribution in [-0.4, -0.2) is 21.2 Å². The molecule has 0 unspecified atom stereocenters. The fraction of sp³-hybridized carbons (Fsp3) is 0.200. The Bertz CT molecular complexity index is 1410. The first-order valence-electron chi connectivity index (χ1n) is 10.6. The third-order valence-electron chi connectivity index (χ3n) is 5.59. The van der Waals surface area contributed by atoms with Gasteiger partial charge in [-0.3, -0.25) is 4.79 Å². The smallest absolute Gasteiger partial charge is 0.417 e. The number of halogens is 4. The van der Waals surface area contributed by atoms with Crippen LogP contribution in [0, 0.1) is 12.7 Å². The molecule has 1 atom stereocenters. The number of anilines is 2. The van der Waals surface area contributed by atoms with E-state index >= 15 is 0 Å². The summed E-state index contributed by atoms with van der Waals surface area (Å²) in [6.07, 6.45) is -0.502. The molecule has 0 saturated carbocycles. The van der Waals surface area contributed by atoms with E-state index in [1.54, 1.807) is 42.2 Å². The molecule has 10 heteroatoms. The number of hydrogen-bond donors (Lipinski definition) is 1. The summed E-state index contributed by atoms with van der Waals surface area (Å²) in [6, 6.07) is 10.2. The number of nitrogens with zero attached hydrogens (tertiary/aromatic N) is 3. The third kappa shape index (κ3) is 5.06. The fourth-order valence-electron chi connectivity index (χ4n) is 3.71. The number of ether oxygens (including phenoxy) is 1. The molecular formula is C25H22F4N4O2. The van der Waals surface area contributed by atoms with E-state index in [4.69, 9.17) is 4.74 Å². The van der Waals surface area contributed by atoms with Gasteiger partial charge in [-0.05, 0) is 49.7 Å². The van der Waals surface area contributed by atoms with Crippen LogP contribution in [0.1, 0.15) is 29.8 Å². The Hall–Kier alpha value is -4.08. The quantitative estimate of drug-likeness (QED) is 0.347. The van der Waals surface area contributed by atoms with Crippen LogP contribution in [0.3, 0.4) is 0 Å². The van der Waals surface area contributed by atoms with E-state index in [0.717, 1.165) is 22.5 Å². The highest BCUT2D eigenvalue weighted by Crippen LogP contribution is 2.33. The maximum atomic E-state index is 13.7. The van der Waals surface area contributed by atoms with Crippen molar-refractivity contribution in [3.8, 4) is 11.4 Å². The van der Waals surface area contributed by atoms with Crippen LogP contribution in [0.25, 0.3) is 5.69 Å². The lowest BCUT2D eigenvalue weighted by Gasteiger charge is -2.20. The summed E-state index contributed by atoms with van der Waals surface area (Å²) >= 11 is 0. The summed E-state index contributed by atoms with van der Waals surface area (Å²) < 4.78 is 62.5. The van der Waals surface area contributed by atoms with Gasteiger partial charge < -0.3 is 19.2 Å². The molecule has 0 aliphatic rings. The number of nitrogens with one attached hydrogen (secondary N) is 1. The molecule has 4 aromatic rings. The molecule has 0 saturated heterocycles.